The van der Waals surface area contributed by atoms with Crippen molar-refractivity contribution in [2.45, 2.75) is 63.6 Å². The van der Waals surface area contributed by atoms with Crippen molar-refractivity contribution < 1.29 is 34.4 Å². The van der Waals surface area contributed by atoms with E-state index in [4.69, 9.17) is 14.6 Å². The molecule has 0 bridgehead atoms. The molecule has 1 aromatic heterocycles. The fraction of sp³-hybridized carbons (Fsp3) is 0.667. The summed E-state index contributed by atoms with van der Waals surface area (Å²) in [5.74, 6) is -1.00. The van der Waals surface area contributed by atoms with Crippen LogP contribution in [0.25, 0.3) is 0 Å². The van der Waals surface area contributed by atoms with E-state index in [0.29, 0.717) is 6.61 Å². The molecule has 0 aliphatic carbocycles. The van der Waals surface area contributed by atoms with Crippen LogP contribution in [0.2, 0.25) is 0 Å². The second-order valence-electron chi connectivity index (χ2n) is 6.71. The molecule has 1 saturated heterocycles. The van der Waals surface area contributed by atoms with Crippen molar-refractivity contribution in [3.63, 3.8) is 0 Å². The lowest BCUT2D eigenvalue weighted by molar-refractivity contribution is -0.144. The molecule has 11 heteroatoms. The van der Waals surface area contributed by atoms with Crippen molar-refractivity contribution >= 4 is 17.7 Å². The number of nitrogens with zero attached hydrogens (tertiary/aromatic N) is 2. The molecular weight excluding hydrogens is 386 g/mol. The van der Waals surface area contributed by atoms with E-state index in [1.54, 1.807) is 0 Å². The summed E-state index contributed by atoms with van der Waals surface area (Å²) >= 11 is 0. The summed E-state index contributed by atoms with van der Waals surface area (Å²) in [7, 11) is 0. The van der Waals surface area contributed by atoms with Crippen molar-refractivity contribution in [3.8, 4) is 0 Å². The maximum Gasteiger partial charge on any atom is 0.351 e. The maximum atomic E-state index is 12.2. The summed E-state index contributed by atoms with van der Waals surface area (Å²) in [6.07, 6.45) is -1.21. The average molecular weight is 413 g/mol. The van der Waals surface area contributed by atoms with E-state index in [9.17, 15) is 24.6 Å². The highest BCUT2D eigenvalue weighted by molar-refractivity contribution is 5.91. The van der Waals surface area contributed by atoms with Gasteiger partial charge in [0.15, 0.2) is 6.23 Å². The molecule has 11 nitrogen and oxygen atoms in total. The first-order valence-corrected chi connectivity index (χ1v) is 9.54. The van der Waals surface area contributed by atoms with Crippen LogP contribution >= 0.6 is 0 Å². The van der Waals surface area contributed by atoms with E-state index in [2.05, 4.69) is 10.3 Å². The molecule has 2 rings (SSSR count). The van der Waals surface area contributed by atoms with E-state index in [1.165, 1.54) is 12.3 Å². The molecule has 1 aliphatic rings. The minimum atomic E-state index is -1.42. The summed E-state index contributed by atoms with van der Waals surface area (Å²) in [6.45, 7) is 1.84. The van der Waals surface area contributed by atoms with Crippen molar-refractivity contribution in [3.05, 3.63) is 22.7 Å². The Bertz CT molecular complexity index is 753. The second kappa shape index (κ2) is 11.0. The highest BCUT2D eigenvalue weighted by Gasteiger charge is 2.43. The number of anilines is 1. The highest BCUT2D eigenvalue weighted by atomic mass is 16.6. The van der Waals surface area contributed by atoms with Gasteiger partial charge in [-0.15, -0.1) is 0 Å². The van der Waals surface area contributed by atoms with Crippen LogP contribution < -0.4 is 11.0 Å². The third-order valence-electron chi connectivity index (χ3n) is 4.46. The molecule has 0 spiro atoms. The second-order valence-corrected chi connectivity index (χ2v) is 6.71. The number of nitrogens with one attached hydrogen (secondary N) is 1. The molecule has 1 aromatic rings. The highest BCUT2D eigenvalue weighted by Crippen LogP contribution is 2.28. The number of amides is 1. The Hall–Kier alpha value is -2.34. The fourth-order valence-electron chi connectivity index (χ4n) is 2.82. The van der Waals surface area contributed by atoms with Crippen LogP contribution in [-0.2, 0) is 19.1 Å². The monoisotopic (exact) mass is 413 g/mol. The molecule has 0 unspecified atom stereocenters. The summed E-state index contributed by atoms with van der Waals surface area (Å²) in [6, 6.07) is 1.32. The number of hydrogen-bond acceptors (Lipinski definition) is 9. The fourth-order valence-corrected chi connectivity index (χ4v) is 2.82. The first kappa shape index (κ1) is 22.9. The minimum Gasteiger partial charge on any atom is -0.466 e. The molecular formula is C18H27N3O8. The summed E-state index contributed by atoms with van der Waals surface area (Å²) in [4.78, 5) is 39.4. The smallest absolute Gasteiger partial charge is 0.351 e. The van der Waals surface area contributed by atoms with Crippen LogP contribution in [0.15, 0.2) is 17.1 Å². The summed E-state index contributed by atoms with van der Waals surface area (Å²) in [5.41, 5.74) is -0.826. The number of hydrogen-bond donors (Lipinski definition) is 4. The summed E-state index contributed by atoms with van der Waals surface area (Å²) in [5, 5.41) is 31.3. The number of rotatable bonds is 10. The van der Waals surface area contributed by atoms with Crippen molar-refractivity contribution in [2.24, 2.45) is 0 Å². The Balaban J connectivity index is 1.86. The minimum absolute atomic E-state index is 0.0284. The van der Waals surface area contributed by atoms with Crippen LogP contribution in [0.5, 0.6) is 0 Å². The quantitative estimate of drug-likeness (QED) is 0.287. The number of carbonyl (C=O) groups is 2. The average Bonchev–Trinajstić information content (AvgIpc) is 2.98. The van der Waals surface area contributed by atoms with Crippen LogP contribution in [0, 0.1) is 0 Å². The number of aliphatic hydroxyl groups is 3. The molecule has 29 heavy (non-hydrogen) atoms. The lowest BCUT2D eigenvalue weighted by atomic mass is 10.1. The van der Waals surface area contributed by atoms with Gasteiger partial charge in [0, 0.05) is 12.6 Å². The van der Waals surface area contributed by atoms with Gasteiger partial charge in [-0.1, -0.05) is 19.8 Å². The Morgan fingerprint density at radius 1 is 1.28 bits per heavy atom. The van der Waals surface area contributed by atoms with Gasteiger partial charge in [0.05, 0.1) is 19.6 Å². The van der Waals surface area contributed by atoms with E-state index >= 15 is 0 Å². The van der Waals surface area contributed by atoms with Gasteiger partial charge in [-0.05, 0) is 12.5 Å². The first-order chi connectivity index (χ1) is 13.9. The van der Waals surface area contributed by atoms with Gasteiger partial charge in [-0.2, -0.15) is 4.98 Å². The van der Waals surface area contributed by atoms with Gasteiger partial charge in [0.1, 0.15) is 24.1 Å². The number of unbranched alkanes of at least 4 members (excludes halogenated alkanes) is 2. The topological polar surface area (TPSA) is 160 Å². The molecule has 2 heterocycles. The Kier molecular flexibility index (Phi) is 8.70. The van der Waals surface area contributed by atoms with E-state index in [0.717, 1.165) is 23.8 Å². The molecule has 0 radical (unpaired) electrons. The number of ether oxygens (including phenoxy) is 2. The number of carbonyl (C=O) groups excluding carboxylic acids is 2. The SMILES string of the molecule is CCCCCOC(=O)CCC(=O)Nc1ccn([C@@H]2O[C@H](CO)[C@@H](O)[C@@H]2O)c(=O)n1. The lowest BCUT2D eigenvalue weighted by Gasteiger charge is -2.17. The van der Waals surface area contributed by atoms with Gasteiger partial charge in [-0.25, -0.2) is 4.79 Å². The zero-order valence-corrected chi connectivity index (χ0v) is 16.2. The number of aliphatic hydroxyl groups excluding tert-OH is 3. The molecule has 1 amide bonds. The number of esters is 1. The molecule has 0 aromatic carbocycles. The lowest BCUT2D eigenvalue weighted by Crippen LogP contribution is -2.36. The Labute approximate surface area is 167 Å². The van der Waals surface area contributed by atoms with Crippen LogP contribution in [-0.4, -0.2) is 68.3 Å². The third kappa shape index (κ3) is 6.32. The molecule has 1 aliphatic heterocycles. The predicted molar refractivity (Wildman–Crippen MR) is 99.9 cm³/mol. The third-order valence-corrected chi connectivity index (χ3v) is 4.46. The standard InChI is InChI=1S/C18H27N3O8/c1-2-3-4-9-28-14(24)6-5-13(23)19-12-7-8-21(18(27)20-12)17-16(26)15(25)11(10-22)29-17/h7-8,11,15-17,22,25-26H,2-6,9-10H2,1H3,(H,19,20,23,27)/t11-,15-,16+,17-/m1/s1. The van der Waals surface area contributed by atoms with Gasteiger partial charge in [-0.3, -0.25) is 14.2 Å². The molecule has 1 fully saturated rings. The van der Waals surface area contributed by atoms with E-state index in [-0.39, 0.29) is 18.7 Å². The predicted octanol–water partition coefficient (Wildman–Crippen LogP) is -0.693. The zero-order valence-electron chi connectivity index (χ0n) is 16.2. The van der Waals surface area contributed by atoms with Gasteiger partial charge in [0.2, 0.25) is 5.91 Å². The van der Waals surface area contributed by atoms with Crippen LogP contribution in [0.4, 0.5) is 5.82 Å². The zero-order chi connectivity index (χ0) is 21.4. The van der Waals surface area contributed by atoms with Crippen molar-refractivity contribution in [1.29, 1.82) is 0 Å². The van der Waals surface area contributed by atoms with Gasteiger partial charge in [0.25, 0.3) is 0 Å². The van der Waals surface area contributed by atoms with Gasteiger partial charge < -0.3 is 30.1 Å². The van der Waals surface area contributed by atoms with E-state index < -0.39 is 48.7 Å². The summed E-state index contributed by atoms with van der Waals surface area (Å²) < 4.78 is 11.2. The van der Waals surface area contributed by atoms with Gasteiger partial charge >= 0.3 is 11.7 Å². The number of aromatic nitrogens is 2. The molecule has 4 atom stereocenters. The van der Waals surface area contributed by atoms with Crippen molar-refractivity contribution in [1.82, 2.24) is 9.55 Å². The normalized spacial score (nSPS) is 23.7. The molecule has 162 valence electrons. The first-order valence-electron chi connectivity index (χ1n) is 9.54. The van der Waals surface area contributed by atoms with E-state index in [1.807, 2.05) is 6.92 Å². The van der Waals surface area contributed by atoms with Crippen molar-refractivity contribution in [2.75, 3.05) is 18.5 Å². The largest absolute Gasteiger partial charge is 0.466 e. The Morgan fingerprint density at radius 3 is 2.66 bits per heavy atom. The van der Waals surface area contributed by atoms with Crippen LogP contribution in [0.1, 0.15) is 45.3 Å². The molecule has 4 N–H and O–H groups in total. The Morgan fingerprint density at radius 2 is 2.03 bits per heavy atom. The van der Waals surface area contributed by atoms with Crippen LogP contribution in [0.3, 0.4) is 0 Å². The maximum absolute atomic E-state index is 12.2. The molecule has 0 saturated carbocycles.